The van der Waals surface area contributed by atoms with Gasteiger partial charge >= 0.3 is 0 Å². The molecular formula is C24H21Cl2N3O3. The first kappa shape index (κ1) is 20.2. The van der Waals surface area contributed by atoms with Crippen molar-refractivity contribution in [2.24, 2.45) is 11.8 Å². The fraction of sp³-hybridized carbons (Fsp3) is 0.375. The van der Waals surface area contributed by atoms with Crippen LogP contribution in [0.15, 0.2) is 30.3 Å². The summed E-state index contributed by atoms with van der Waals surface area (Å²) in [4.78, 5) is 44.7. The number of aryl methyl sites for hydroxylation is 1. The minimum absolute atomic E-state index is 0.150. The molecular weight excluding hydrogens is 449 g/mol. The molecule has 2 aromatic carbocycles. The molecule has 4 atom stereocenters. The smallest absolute Gasteiger partial charge is 0.250 e. The highest BCUT2D eigenvalue weighted by atomic mass is 35.5. The van der Waals surface area contributed by atoms with Gasteiger partial charge in [-0.3, -0.25) is 19.3 Å². The van der Waals surface area contributed by atoms with Crippen LogP contribution in [0, 0.1) is 25.7 Å². The maximum Gasteiger partial charge on any atom is 0.250 e. The number of imide groups is 1. The number of nitrogens with zero attached hydrogens (tertiary/aromatic N) is 2. The molecule has 3 saturated heterocycles. The summed E-state index contributed by atoms with van der Waals surface area (Å²) in [6.07, 6.45) is 1.67. The lowest BCUT2D eigenvalue weighted by molar-refractivity contribution is -0.135. The molecule has 1 N–H and O–H groups in total. The van der Waals surface area contributed by atoms with E-state index >= 15 is 0 Å². The van der Waals surface area contributed by atoms with Crippen molar-refractivity contribution in [3.63, 3.8) is 0 Å². The molecule has 6 rings (SSSR count). The second kappa shape index (κ2) is 6.56. The van der Waals surface area contributed by atoms with Gasteiger partial charge in [-0.1, -0.05) is 35.3 Å². The van der Waals surface area contributed by atoms with Gasteiger partial charge < -0.3 is 5.32 Å². The minimum atomic E-state index is -1.17. The molecule has 0 saturated carbocycles. The number of hydrogen-bond acceptors (Lipinski definition) is 4. The van der Waals surface area contributed by atoms with Gasteiger partial charge in [0.1, 0.15) is 5.54 Å². The average molecular weight is 470 g/mol. The lowest BCUT2D eigenvalue weighted by Crippen LogP contribution is -2.54. The number of hydrogen-bond donors (Lipinski definition) is 1. The van der Waals surface area contributed by atoms with Crippen LogP contribution in [0.2, 0.25) is 10.0 Å². The summed E-state index contributed by atoms with van der Waals surface area (Å²) in [6.45, 7) is 4.66. The van der Waals surface area contributed by atoms with E-state index in [0.29, 0.717) is 17.3 Å². The number of benzene rings is 2. The van der Waals surface area contributed by atoms with E-state index in [1.54, 1.807) is 12.1 Å². The average Bonchev–Trinajstić information content (AvgIpc) is 3.46. The van der Waals surface area contributed by atoms with Crippen LogP contribution in [0.4, 0.5) is 11.4 Å². The molecule has 1 spiro atoms. The number of anilines is 2. The molecule has 6 nitrogen and oxygen atoms in total. The van der Waals surface area contributed by atoms with E-state index in [-0.39, 0.29) is 28.8 Å². The van der Waals surface area contributed by atoms with E-state index in [2.05, 4.69) is 10.2 Å². The van der Waals surface area contributed by atoms with E-state index in [9.17, 15) is 14.4 Å². The molecule has 0 radical (unpaired) electrons. The number of carbonyl (C=O) groups excluding carboxylic acids is 3. The van der Waals surface area contributed by atoms with Crippen molar-refractivity contribution >= 4 is 52.3 Å². The summed E-state index contributed by atoms with van der Waals surface area (Å²) in [5.74, 6) is -2.18. The second-order valence-electron chi connectivity index (χ2n) is 9.17. The molecule has 0 unspecified atom stereocenters. The van der Waals surface area contributed by atoms with Gasteiger partial charge in [-0.15, -0.1) is 0 Å². The van der Waals surface area contributed by atoms with E-state index in [4.69, 9.17) is 23.2 Å². The topological polar surface area (TPSA) is 69.7 Å². The predicted molar refractivity (Wildman–Crippen MR) is 122 cm³/mol. The first-order chi connectivity index (χ1) is 15.3. The van der Waals surface area contributed by atoms with Crippen LogP contribution < -0.4 is 10.2 Å². The summed E-state index contributed by atoms with van der Waals surface area (Å²) in [5.41, 5.74) is 2.86. The molecule has 3 amide bonds. The lowest BCUT2D eigenvalue weighted by Gasteiger charge is -2.36. The Morgan fingerprint density at radius 3 is 2.56 bits per heavy atom. The van der Waals surface area contributed by atoms with Crippen LogP contribution in [0.3, 0.4) is 0 Å². The Balaban J connectivity index is 1.56. The van der Waals surface area contributed by atoms with Gasteiger partial charge in [0, 0.05) is 17.3 Å². The Morgan fingerprint density at radius 1 is 1.03 bits per heavy atom. The highest BCUT2D eigenvalue weighted by Crippen LogP contribution is 2.61. The Kier molecular flexibility index (Phi) is 4.15. The van der Waals surface area contributed by atoms with Crippen LogP contribution in [0.25, 0.3) is 0 Å². The van der Waals surface area contributed by atoms with Gasteiger partial charge in [-0.05, 0) is 62.6 Å². The molecule has 0 aromatic heterocycles. The van der Waals surface area contributed by atoms with Crippen molar-refractivity contribution in [1.82, 2.24) is 4.90 Å². The molecule has 8 heteroatoms. The third-order valence-corrected chi connectivity index (χ3v) is 8.60. The summed E-state index contributed by atoms with van der Waals surface area (Å²) < 4.78 is 0. The van der Waals surface area contributed by atoms with Crippen LogP contribution in [0.5, 0.6) is 0 Å². The Morgan fingerprint density at radius 2 is 1.81 bits per heavy atom. The van der Waals surface area contributed by atoms with Crippen molar-refractivity contribution in [3.8, 4) is 0 Å². The number of amides is 3. The first-order valence-corrected chi connectivity index (χ1v) is 11.6. The normalized spacial score (nSPS) is 30.8. The summed E-state index contributed by atoms with van der Waals surface area (Å²) in [5, 5.41) is 3.69. The number of nitrogens with one attached hydrogen (secondary N) is 1. The fourth-order valence-corrected chi connectivity index (χ4v) is 6.69. The van der Waals surface area contributed by atoms with Crippen LogP contribution in [0.1, 0.15) is 29.5 Å². The Bertz CT molecular complexity index is 1250. The zero-order chi connectivity index (χ0) is 22.5. The molecule has 0 aliphatic carbocycles. The van der Waals surface area contributed by atoms with E-state index in [0.717, 1.165) is 35.2 Å². The first-order valence-electron chi connectivity index (χ1n) is 10.8. The monoisotopic (exact) mass is 469 g/mol. The molecule has 4 aliphatic rings. The summed E-state index contributed by atoms with van der Waals surface area (Å²) in [6, 6.07) is 8.54. The Hall–Kier alpha value is -2.41. The van der Waals surface area contributed by atoms with Gasteiger partial charge in [0.05, 0.1) is 27.6 Å². The maximum absolute atomic E-state index is 13.9. The van der Waals surface area contributed by atoms with Gasteiger partial charge in [0.25, 0.3) is 0 Å². The van der Waals surface area contributed by atoms with Gasteiger partial charge in [-0.2, -0.15) is 0 Å². The lowest BCUT2D eigenvalue weighted by atomic mass is 9.75. The molecule has 32 heavy (non-hydrogen) atoms. The predicted octanol–water partition coefficient (Wildman–Crippen LogP) is 4.04. The van der Waals surface area contributed by atoms with Crippen molar-refractivity contribution in [2.45, 2.75) is 38.3 Å². The molecule has 4 heterocycles. The van der Waals surface area contributed by atoms with Crippen molar-refractivity contribution in [3.05, 3.63) is 57.1 Å². The molecule has 0 bridgehead atoms. The van der Waals surface area contributed by atoms with E-state index in [1.165, 1.54) is 11.0 Å². The largest absolute Gasteiger partial charge is 0.324 e. The third-order valence-electron chi connectivity index (χ3n) is 7.86. The van der Waals surface area contributed by atoms with Crippen LogP contribution >= 0.6 is 23.2 Å². The molecule has 2 aromatic rings. The van der Waals surface area contributed by atoms with Gasteiger partial charge in [-0.25, -0.2) is 4.90 Å². The van der Waals surface area contributed by atoms with Crippen molar-refractivity contribution in [2.75, 3.05) is 16.8 Å². The number of fused-ring (bicyclic) bond motifs is 7. The maximum atomic E-state index is 13.9. The van der Waals surface area contributed by atoms with E-state index in [1.807, 2.05) is 26.0 Å². The third kappa shape index (κ3) is 2.23. The van der Waals surface area contributed by atoms with Gasteiger partial charge in [0.15, 0.2) is 0 Å². The second-order valence-corrected chi connectivity index (χ2v) is 9.98. The number of rotatable bonds is 1. The number of carbonyl (C=O) groups is 3. The molecule has 164 valence electrons. The zero-order valence-electron chi connectivity index (χ0n) is 17.6. The Labute approximate surface area is 195 Å². The fourth-order valence-electron chi connectivity index (χ4n) is 6.40. The quantitative estimate of drug-likeness (QED) is 0.639. The van der Waals surface area contributed by atoms with Crippen molar-refractivity contribution < 1.29 is 14.4 Å². The number of halogens is 2. The van der Waals surface area contributed by atoms with Gasteiger partial charge in [0.2, 0.25) is 17.7 Å². The zero-order valence-corrected chi connectivity index (χ0v) is 19.1. The summed E-state index contributed by atoms with van der Waals surface area (Å²) in [7, 11) is 0. The van der Waals surface area contributed by atoms with Crippen molar-refractivity contribution in [1.29, 1.82) is 0 Å². The van der Waals surface area contributed by atoms with Crippen LogP contribution in [-0.2, 0) is 19.9 Å². The highest BCUT2D eigenvalue weighted by molar-refractivity contribution is 6.42. The minimum Gasteiger partial charge on any atom is -0.324 e. The van der Waals surface area contributed by atoms with E-state index < -0.39 is 17.4 Å². The standard InChI is InChI=1S/C24H21Cl2N3O3/c1-11-5-7-14-20(12(11)2)27-23(32)24(14)19-18(17-4-3-9-28(17)24)21(30)29(22(19)31)13-6-8-15(25)16(26)10-13/h5-8,10,17-19H,3-4,9H2,1-2H3,(H,27,32)/t17-,18-,19+,24+/m1/s1. The summed E-state index contributed by atoms with van der Waals surface area (Å²) >= 11 is 12.2. The SMILES string of the molecule is Cc1ccc2c(c1C)NC(=O)[C@@]21[C@@H]2C(=O)N(c3ccc(Cl)c(Cl)c3)C(=O)[C@@H]2[C@H]2CCCN21. The highest BCUT2D eigenvalue weighted by Gasteiger charge is 2.74. The molecule has 3 fully saturated rings. The molecule has 4 aliphatic heterocycles. The van der Waals surface area contributed by atoms with Crippen LogP contribution in [-0.4, -0.2) is 35.2 Å².